The van der Waals surface area contributed by atoms with Gasteiger partial charge in [0.05, 0.1) is 18.7 Å². The fourth-order valence-electron chi connectivity index (χ4n) is 4.03. The van der Waals surface area contributed by atoms with Crippen molar-refractivity contribution in [3.8, 4) is 11.5 Å². The Morgan fingerprint density at radius 3 is 2.68 bits per heavy atom. The number of phenols is 1. The molecule has 2 aromatic rings. The Morgan fingerprint density at radius 2 is 2.00 bits per heavy atom. The minimum atomic E-state index is -0.382. The predicted molar refractivity (Wildman–Crippen MR) is 92.3 cm³/mol. The molecule has 0 bridgehead atoms. The number of nitrogens with one attached hydrogen (secondary N) is 2. The number of carbonyl (C=O) groups is 1. The van der Waals surface area contributed by atoms with Gasteiger partial charge in [-0.3, -0.25) is 19.4 Å². The smallest absolute Gasteiger partial charge is 0.270 e. The van der Waals surface area contributed by atoms with E-state index >= 15 is 0 Å². The summed E-state index contributed by atoms with van der Waals surface area (Å²) in [5.41, 5.74) is 1.11. The minimum Gasteiger partial charge on any atom is -0.504 e. The van der Waals surface area contributed by atoms with Gasteiger partial charge in [-0.15, -0.1) is 0 Å². The first-order valence-corrected chi connectivity index (χ1v) is 8.59. The first-order chi connectivity index (χ1) is 12.1. The fraction of sp³-hybridized carbons (Fsp3) is 0.444. The maximum atomic E-state index is 12.6. The number of benzene rings is 1. The van der Waals surface area contributed by atoms with Crippen molar-refractivity contribution in [3.05, 3.63) is 39.7 Å². The highest BCUT2D eigenvalue weighted by atomic mass is 16.5. The number of amides is 1. The number of hydrogen-bond acceptors (Lipinski definition) is 4. The van der Waals surface area contributed by atoms with Crippen molar-refractivity contribution in [3.63, 3.8) is 0 Å². The van der Waals surface area contributed by atoms with Gasteiger partial charge in [-0.05, 0) is 30.5 Å². The van der Waals surface area contributed by atoms with E-state index in [1.54, 1.807) is 18.2 Å². The summed E-state index contributed by atoms with van der Waals surface area (Å²) < 4.78 is 6.90. The molecule has 7 nitrogen and oxygen atoms in total. The highest BCUT2D eigenvalue weighted by Gasteiger charge is 2.34. The fourth-order valence-corrected chi connectivity index (χ4v) is 4.03. The molecule has 132 valence electrons. The highest BCUT2D eigenvalue weighted by molar-refractivity contribution is 5.94. The van der Waals surface area contributed by atoms with Crippen LogP contribution < -0.4 is 15.6 Å². The zero-order valence-corrected chi connectivity index (χ0v) is 14.0. The molecule has 1 aliphatic carbocycles. The molecule has 7 heteroatoms. The van der Waals surface area contributed by atoms with E-state index in [2.05, 4.69) is 10.4 Å². The van der Waals surface area contributed by atoms with Gasteiger partial charge in [0.2, 0.25) is 5.91 Å². The van der Waals surface area contributed by atoms with E-state index in [-0.39, 0.29) is 35.6 Å². The first-order valence-electron chi connectivity index (χ1n) is 8.59. The molecule has 1 aromatic carbocycles. The van der Waals surface area contributed by atoms with E-state index in [9.17, 15) is 14.7 Å². The van der Waals surface area contributed by atoms with Crippen LogP contribution in [-0.2, 0) is 4.79 Å². The van der Waals surface area contributed by atoms with Crippen LogP contribution in [0.2, 0.25) is 0 Å². The number of hydrogen-bond donors (Lipinski definition) is 3. The second kappa shape index (κ2) is 5.98. The molecule has 0 spiro atoms. The number of methoxy groups -OCH3 is 1. The zero-order chi connectivity index (χ0) is 17.6. The molecule has 25 heavy (non-hydrogen) atoms. The Hall–Kier alpha value is -2.70. The normalized spacial score (nSPS) is 20.4. The maximum Gasteiger partial charge on any atom is 0.270 e. The Balaban J connectivity index is 1.81. The number of rotatable bonds is 3. The molecule has 2 heterocycles. The minimum absolute atomic E-state index is 0.000754. The second-order valence-corrected chi connectivity index (χ2v) is 6.75. The van der Waals surface area contributed by atoms with Crippen molar-refractivity contribution in [2.75, 3.05) is 12.4 Å². The first kappa shape index (κ1) is 15.8. The van der Waals surface area contributed by atoms with E-state index < -0.39 is 0 Å². The van der Waals surface area contributed by atoms with Crippen molar-refractivity contribution in [1.29, 1.82) is 0 Å². The zero-order valence-electron chi connectivity index (χ0n) is 14.0. The number of aromatic hydroxyl groups is 1. The number of fused-ring (bicyclic) bond motifs is 1. The van der Waals surface area contributed by atoms with Gasteiger partial charge < -0.3 is 15.2 Å². The van der Waals surface area contributed by atoms with Crippen LogP contribution >= 0.6 is 0 Å². The maximum absolute atomic E-state index is 12.6. The van der Waals surface area contributed by atoms with Crippen molar-refractivity contribution < 1.29 is 14.6 Å². The molecule has 2 aliphatic rings. The molecule has 0 radical (unpaired) electrons. The van der Waals surface area contributed by atoms with Crippen LogP contribution in [-0.4, -0.2) is 27.9 Å². The van der Waals surface area contributed by atoms with E-state index in [0.717, 1.165) is 31.2 Å². The molecule has 1 aliphatic heterocycles. The van der Waals surface area contributed by atoms with Gasteiger partial charge in [-0.25, -0.2) is 0 Å². The lowest BCUT2D eigenvalue weighted by molar-refractivity contribution is -0.116. The topological polar surface area (TPSA) is 96.4 Å². The molecular formula is C18H21N3O4. The summed E-state index contributed by atoms with van der Waals surface area (Å²) in [6.07, 6.45) is 4.44. The monoisotopic (exact) mass is 343 g/mol. The second-order valence-electron chi connectivity index (χ2n) is 6.75. The summed E-state index contributed by atoms with van der Waals surface area (Å²) in [4.78, 5) is 24.9. The van der Waals surface area contributed by atoms with Gasteiger partial charge in [0.15, 0.2) is 11.5 Å². The third-order valence-corrected chi connectivity index (χ3v) is 5.25. The predicted octanol–water partition coefficient (Wildman–Crippen LogP) is 2.48. The molecule has 1 unspecified atom stereocenters. The summed E-state index contributed by atoms with van der Waals surface area (Å²) >= 11 is 0. The Labute approximate surface area is 144 Å². The number of nitrogens with zero attached hydrogens (tertiary/aromatic N) is 1. The Bertz CT molecular complexity index is 877. The van der Waals surface area contributed by atoms with Gasteiger partial charge in [0.25, 0.3) is 5.56 Å². The van der Waals surface area contributed by atoms with Crippen molar-refractivity contribution in [2.45, 2.75) is 44.1 Å². The Morgan fingerprint density at radius 1 is 1.24 bits per heavy atom. The van der Waals surface area contributed by atoms with Crippen LogP contribution in [0.5, 0.6) is 11.5 Å². The van der Waals surface area contributed by atoms with E-state index in [1.807, 2.05) is 4.68 Å². The lowest BCUT2D eigenvalue weighted by atomic mass is 9.87. The molecule has 1 saturated carbocycles. The lowest BCUT2D eigenvalue weighted by Gasteiger charge is -2.25. The van der Waals surface area contributed by atoms with E-state index in [1.165, 1.54) is 7.11 Å². The van der Waals surface area contributed by atoms with Crippen LogP contribution in [0.1, 0.15) is 55.2 Å². The van der Waals surface area contributed by atoms with Gasteiger partial charge in [-0.1, -0.05) is 18.9 Å². The van der Waals surface area contributed by atoms with E-state index in [4.69, 9.17) is 4.74 Å². The van der Waals surface area contributed by atoms with Crippen LogP contribution in [0, 0.1) is 0 Å². The van der Waals surface area contributed by atoms with Crippen LogP contribution in [0.25, 0.3) is 0 Å². The summed E-state index contributed by atoms with van der Waals surface area (Å²) in [6, 6.07) is 5.23. The summed E-state index contributed by atoms with van der Waals surface area (Å²) in [7, 11) is 1.48. The van der Waals surface area contributed by atoms with Crippen LogP contribution in [0.3, 0.4) is 0 Å². The number of aromatic amines is 1. The highest BCUT2D eigenvalue weighted by Crippen LogP contribution is 2.40. The van der Waals surface area contributed by atoms with Gasteiger partial charge >= 0.3 is 0 Å². The van der Waals surface area contributed by atoms with Crippen LogP contribution in [0.4, 0.5) is 5.82 Å². The van der Waals surface area contributed by atoms with Crippen LogP contribution in [0.15, 0.2) is 23.0 Å². The molecule has 0 saturated heterocycles. The number of phenolic OH excluding ortho intramolecular Hbond substituents is 1. The number of H-pyrrole nitrogens is 1. The lowest BCUT2D eigenvalue weighted by Crippen LogP contribution is -2.27. The summed E-state index contributed by atoms with van der Waals surface area (Å²) in [5.74, 6) is 0.430. The molecule has 1 amide bonds. The quantitative estimate of drug-likeness (QED) is 0.798. The van der Waals surface area contributed by atoms with Crippen molar-refractivity contribution in [2.24, 2.45) is 0 Å². The summed E-state index contributed by atoms with van der Waals surface area (Å²) in [5, 5.41) is 15.8. The molecule has 3 N–H and O–H groups in total. The van der Waals surface area contributed by atoms with Gasteiger partial charge in [0.1, 0.15) is 5.82 Å². The summed E-state index contributed by atoms with van der Waals surface area (Å²) in [6.45, 7) is 0. The number of aromatic nitrogens is 2. The molecule has 4 rings (SSSR count). The molecule has 1 aromatic heterocycles. The molecular weight excluding hydrogens is 322 g/mol. The number of carbonyl (C=O) groups excluding carboxylic acids is 1. The average molecular weight is 343 g/mol. The third kappa shape index (κ3) is 2.59. The number of anilines is 1. The van der Waals surface area contributed by atoms with Crippen molar-refractivity contribution >= 4 is 11.7 Å². The third-order valence-electron chi connectivity index (χ3n) is 5.25. The Kier molecular flexibility index (Phi) is 3.78. The van der Waals surface area contributed by atoms with Gasteiger partial charge in [-0.2, -0.15) is 0 Å². The average Bonchev–Trinajstić information content (AvgIpc) is 3.22. The van der Waals surface area contributed by atoms with Crippen molar-refractivity contribution in [1.82, 2.24) is 9.78 Å². The molecule has 1 atom stereocenters. The largest absolute Gasteiger partial charge is 0.504 e. The standard InChI is InChI=1S/C18H21N3O4/c1-25-14-7-6-10(8-13(14)22)12-9-15(23)19-17-16(12)18(24)20-21(17)11-4-2-3-5-11/h6-8,11-12,22H,2-5,9H2,1H3,(H,19,23)(H,20,24). The van der Waals surface area contributed by atoms with Gasteiger partial charge in [0, 0.05) is 12.3 Å². The molecule has 1 fully saturated rings. The SMILES string of the molecule is COc1ccc(C2CC(=O)Nc3c2c(=O)[nH]n3C2CCCC2)cc1O. The van der Waals surface area contributed by atoms with E-state index in [0.29, 0.717) is 17.1 Å². The number of ether oxygens (including phenoxy) is 1.